The first-order chi connectivity index (χ1) is 16.9. The van der Waals surface area contributed by atoms with Gasteiger partial charge in [0.15, 0.2) is 0 Å². The minimum absolute atomic E-state index is 0.315. The summed E-state index contributed by atoms with van der Waals surface area (Å²) in [6.45, 7) is 6.21. The van der Waals surface area contributed by atoms with Gasteiger partial charge < -0.3 is 9.47 Å². The first-order valence-electron chi connectivity index (χ1n) is 12.2. The summed E-state index contributed by atoms with van der Waals surface area (Å²) in [5.41, 5.74) is 3.67. The van der Waals surface area contributed by atoms with Gasteiger partial charge in [-0.15, -0.1) is 11.6 Å². The Morgan fingerprint density at radius 3 is 1.83 bits per heavy atom. The topological polar surface area (TPSA) is 52.6 Å². The fourth-order valence-electron chi connectivity index (χ4n) is 3.67. The van der Waals surface area contributed by atoms with Crippen LogP contribution in [0.5, 0.6) is 11.5 Å². The molecule has 0 aliphatic rings. The Balaban J connectivity index is 1.55. The second kappa shape index (κ2) is 13.1. The number of ether oxygens (including phenoxy) is 2. The summed E-state index contributed by atoms with van der Waals surface area (Å²) in [5, 5.41) is -0.659. The maximum absolute atomic E-state index is 12.5. The predicted octanol–water partition coefficient (Wildman–Crippen LogP) is 7.86. The maximum Gasteiger partial charge on any atom is 0.343 e. The van der Waals surface area contributed by atoms with E-state index >= 15 is 0 Å². The Morgan fingerprint density at radius 2 is 1.31 bits per heavy atom. The number of alkyl halides is 1. The van der Waals surface area contributed by atoms with Gasteiger partial charge >= 0.3 is 11.9 Å². The molecule has 1 atom stereocenters. The summed E-state index contributed by atoms with van der Waals surface area (Å²) >= 11 is 6.11. The van der Waals surface area contributed by atoms with Crippen LogP contribution in [0.2, 0.25) is 0 Å². The van der Waals surface area contributed by atoms with Gasteiger partial charge in [0.25, 0.3) is 0 Å². The molecule has 0 saturated carbocycles. The molecule has 184 valence electrons. The van der Waals surface area contributed by atoms with Crippen LogP contribution in [0, 0.1) is 5.92 Å². The molecule has 0 saturated heterocycles. The van der Waals surface area contributed by atoms with Crippen LogP contribution in [-0.2, 0) is 11.2 Å². The van der Waals surface area contributed by atoms with E-state index in [1.807, 2.05) is 62.4 Å². The molecule has 0 bridgehead atoms. The largest absolute Gasteiger partial charge is 0.425 e. The molecule has 0 aliphatic carbocycles. The van der Waals surface area contributed by atoms with Crippen molar-refractivity contribution >= 4 is 23.5 Å². The number of hydrogen-bond acceptors (Lipinski definition) is 4. The standard InChI is InChI=1S/C30H33ClO4/c1-4-5-6-7-22-8-10-25(11-9-22)29(32)34-26-16-12-23(13-17-26)24-14-18-27(19-15-24)35-30(33)28(31)20-21(2)3/h8-19,21,28H,4-7,20H2,1-3H3/t28-/m0/s1. The zero-order valence-corrected chi connectivity index (χ0v) is 21.4. The molecule has 4 nitrogen and oxygen atoms in total. The molecule has 3 aromatic carbocycles. The monoisotopic (exact) mass is 492 g/mol. The molecule has 0 heterocycles. The van der Waals surface area contributed by atoms with Crippen LogP contribution < -0.4 is 9.47 Å². The lowest BCUT2D eigenvalue weighted by molar-refractivity contribution is -0.134. The van der Waals surface area contributed by atoms with Crippen molar-refractivity contribution in [1.82, 2.24) is 0 Å². The van der Waals surface area contributed by atoms with Gasteiger partial charge in [-0.3, -0.25) is 4.79 Å². The molecule has 0 spiro atoms. The molecule has 0 unspecified atom stereocenters. The number of unbranched alkanes of at least 4 members (excludes halogenated alkanes) is 2. The number of rotatable bonds is 11. The zero-order valence-electron chi connectivity index (χ0n) is 20.6. The Labute approximate surface area is 213 Å². The van der Waals surface area contributed by atoms with Crippen molar-refractivity contribution < 1.29 is 19.1 Å². The summed E-state index contributed by atoms with van der Waals surface area (Å²) in [7, 11) is 0. The van der Waals surface area contributed by atoms with Gasteiger partial charge in [0, 0.05) is 0 Å². The van der Waals surface area contributed by atoms with Crippen molar-refractivity contribution in [2.24, 2.45) is 5.92 Å². The highest BCUT2D eigenvalue weighted by Gasteiger charge is 2.19. The molecule has 0 aliphatic heterocycles. The number of hydrogen-bond donors (Lipinski definition) is 0. The van der Waals surface area contributed by atoms with E-state index in [2.05, 4.69) is 6.92 Å². The van der Waals surface area contributed by atoms with Crippen LogP contribution in [0.1, 0.15) is 62.4 Å². The molecule has 0 amide bonds. The Hall–Kier alpha value is -3.11. The fraction of sp³-hybridized carbons (Fsp3) is 0.333. The average Bonchev–Trinajstić information content (AvgIpc) is 2.85. The first kappa shape index (κ1) is 26.5. The SMILES string of the molecule is CCCCCc1ccc(C(=O)Oc2ccc(-c3ccc(OC(=O)[C@@H](Cl)CC(C)C)cc3)cc2)cc1. The Morgan fingerprint density at radius 1 is 0.771 bits per heavy atom. The molecule has 0 radical (unpaired) electrons. The number of halogens is 1. The van der Waals surface area contributed by atoms with Crippen molar-refractivity contribution in [2.75, 3.05) is 0 Å². The zero-order chi connectivity index (χ0) is 25.2. The minimum atomic E-state index is -0.659. The van der Waals surface area contributed by atoms with Crippen LogP contribution in [0.15, 0.2) is 72.8 Å². The summed E-state index contributed by atoms with van der Waals surface area (Å²) in [5.74, 6) is 0.435. The molecule has 35 heavy (non-hydrogen) atoms. The molecular formula is C30H33ClO4. The third-order valence-electron chi connectivity index (χ3n) is 5.66. The quantitative estimate of drug-likeness (QED) is 0.118. The van der Waals surface area contributed by atoms with Gasteiger partial charge in [-0.05, 0) is 78.3 Å². The van der Waals surface area contributed by atoms with Crippen molar-refractivity contribution in [2.45, 2.75) is 58.3 Å². The van der Waals surface area contributed by atoms with Crippen molar-refractivity contribution in [1.29, 1.82) is 0 Å². The lowest BCUT2D eigenvalue weighted by atomic mass is 10.1. The number of esters is 2. The van der Waals surface area contributed by atoms with E-state index in [4.69, 9.17) is 21.1 Å². The van der Waals surface area contributed by atoms with E-state index in [1.54, 1.807) is 24.3 Å². The molecular weight excluding hydrogens is 460 g/mol. The Kier molecular flexibility index (Phi) is 9.92. The molecule has 0 fully saturated rings. The highest BCUT2D eigenvalue weighted by Crippen LogP contribution is 2.26. The van der Waals surface area contributed by atoms with Gasteiger partial charge in [-0.25, -0.2) is 4.79 Å². The lowest BCUT2D eigenvalue weighted by Gasteiger charge is -2.12. The summed E-state index contributed by atoms with van der Waals surface area (Å²) in [6.07, 6.45) is 5.16. The van der Waals surface area contributed by atoms with Crippen LogP contribution in [0.4, 0.5) is 0 Å². The van der Waals surface area contributed by atoms with Gasteiger partial charge in [-0.2, -0.15) is 0 Å². The third-order valence-corrected chi connectivity index (χ3v) is 6.02. The summed E-state index contributed by atoms with van der Waals surface area (Å²) < 4.78 is 10.9. The minimum Gasteiger partial charge on any atom is -0.425 e. The summed E-state index contributed by atoms with van der Waals surface area (Å²) in [4.78, 5) is 24.6. The second-order valence-electron chi connectivity index (χ2n) is 9.11. The van der Waals surface area contributed by atoms with E-state index < -0.39 is 11.3 Å². The van der Waals surface area contributed by atoms with Crippen LogP contribution in [0.25, 0.3) is 11.1 Å². The van der Waals surface area contributed by atoms with E-state index in [-0.39, 0.29) is 5.97 Å². The van der Waals surface area contributed by atoms with E-state index in [0.717, 1.165) is 24.0 Å². The van der Waals surface area contributed by atoms with Crippen LogP contribution in [-0.4, -0.2) is 17.3 Å². The maximum atomic E-state index is 12.5. The average molecular weight is 493 g/mol. The summed E-state index contributed by atoms with van der Waals surface area (Å²) in [6, 6.07) is 22.2. The molecule has 3 aromatic rings. The van der Waals surface area contributed by atoms with E-state index in [9.17, 15) is 9.59 Å². The fourth-order valence-corrected chi connectivity index (χ4v) is 4.07. The molecule has 0 N–H and O–H groups in total. The number of benzene rings is 3. The lowest BCUT2D eigenvalue weighted by Crippen LogP contribution is -2.22. The van der Waals surface area contributed by atoms with Gasteiger partial charge in [-0.1, -0.05) is 70.0 Å². The predicted molar refractivity (Wildman–Crippen MR) is 141 cm³/mol. The van der Waals surface area contributed by atoms with Gasteiger partial charge in [0.2, 0.25) is 0 Å². The second-order valence-corrected chi connectivity index (χ2v) is 9.64. The van der Waals surface area contributed by atoms with Gasteiger partial charge in [0.05, 0.1) is 5.56 Å². The third kappa shape index (κ3) is 8.25. The normalized spacial score (nSPS) is 11.8. The molecule has 0 aromatic heterocycles. The Bertz CT molecular complexity index is 1090. The molecule has 5 heteroatoms. The van der Waals surface area contributed by atoms with Crippen LogP contribution in [0.3, 0.4) is 0 Å². The van der Waals surface area contributed by atoms with Crippen molar-refractivity contribution in [3.05, 3.63) is 83.9 Å². The highest BCUT2D eigenvalue weighted by molar-refractivity contribution is 6.30. The molecule has 3 rings (SSSR count). The number of aryl methyl sites for hydroxylation is 1. The first-order valence-corrected chi connectivity index (χ1v) is 12.7. The van der Waals surface area contributed by atoms with Crippen molar-refractivity contribution in [3.8, 4) is 22.6 Å². The van der Waals surface area contributed by atoms with E-state index in [1.165, 1.54) is 18.4 Å². The van der Waals surface area contributed by atoms with Crippen molar-refractivity contribution in [3.63, 3.8) is 0 Å². The number of carbonyl (C=O) groups excluding carboxylic acids is 2. The van der Waals surface area contributed by atoms with E-state index in [0.29, 0.717) is 29.4 Å². The van der Waals surface area contributed by atoms with Gasteiger partial charge in [0.1, 0.15) is 16.9 Å². The number of carbonyl (C=O) groups is 2. The highest BCUT2D eigenvalue weighted by atomic mass is 35.5. The smallest absolute Gasteiger partial charge is 0.343 e. The van der Waals surface area contributed by atoms with Crippen LogP contribution >= 0.6 is 11.6 Å².